The highest BCUT2D eigenvalue weighted by atomic mass is 35.5. The standard InChI is InChI=1S/C29H25ClF3N3O2/c1-35(2)21-13-9-18(10-14-21)27-26-23(15-19(16-25(26)37)17-7-11-20(30)12-8-17)34-22-5-3-4-6-24(22)36(27)28(38)29(31,32)33/h3-14,19,27,34H,15-16H2,1-2H3/t19-,27+/m1/s1. The van der Waals surface area contributed by atoms with Crippen LogP contribution in [0.3, 0.4) is 0 Å². The van der Waals surface area contributed by atoms with Gasteiger partial charge in [-0.2, -0.15) is 13.2 Å². The van der Waals surface area contributed by atoms with E-state index >= 15 is 0 Å². The lowest BCUT2D eigenvalue weighted by Gasteiger charge is -2.35. The number of amides is 1. The number of halogens is 4. The van der Waals surface area contributed by atoms with Gasteiger partial charge in [-0.05, 0) is 59.9 Å². The number of rotatable bonds is 3. The maximum absolute atomic E-state index is 14.0. The van der Waals surface area contributed by atoms with Crippen LogP contribution in [0, 0.1) is 0 Å². The number of para-hydroxylation sites is 2. The van der Waals surface area contributed by atoms with E-state index in [1.54, 1.807) is 54.6 Å². The largest absolute Gasteiger partial charge is 0.471 e. The third-order valence-corrected chi connectivity index (χ3v) is 7.27. The minimum absolute atomic E-state index is 0.0572. The van der Waals surface area contributed by atoms with Gasteiger partial charge in [-0.1, -0.05) is 48.0 Å². The molecule has 2 atom stereocenters. The molecule has 0 saturated carbocycles. The Hall–Kier alpha value is -3.78. The van der Waals surface area contributed by atoms with E-state index in [2.05, 4.69) is 5.32 Å². The van der Waals surface area contributed by atoms with Crippen LogP contribution in [-0.4, -0.2) is 32.0 Å². The lowest BCUT2D eigenvalue weighted by Crippen LogP contribution is -2.45. The molecule has 3 aromatic carbocycles. The lowest BCUT2D eigenvalue weighted by molar-refractivity contribution is -0.170. The molecule has 1 aliphatic carbocycles. The normalized spacial score (nSPS) is 19.3. The summed E-state index contributed by atoms with van der Waals surface area (Å²) in [5.41, 5.74) is 3.22. The highest BCUT2D eigenvalue weighted by Crippen LogP contribution is 2.48. The number of anilines is 3. The molecule has 0 radical (unpaired) electrons. The van der Waals surface area contributed by atoms with Crippen molar-refractivity contribution in [2.24, 2.45) is 0 Å². The van der Waals surface area contributed by atoms with Gasteiger partial charge in [0.25, 0.3) is 0 Å². The van der Waals surface area contributed by atoms with Crippen LogP contribution in [0.25, 0.3) is 0 Å². The lowest BCUT2D eigenvalue weighted by atomic mass is 9.78. The summed E-state index contributed by atoms with van der Waals surface area (Å²) in [6.07, 6.45) is -4.67. The first-order valence-corrected chi connectivity index (χ1v) is 12.5. The van der Waals surface area contributed by atoms with Gasteiger partial charge >= 0.3 is 12.1 Å². The van der Waals surface area contributed by atoms with Crippen molar-refractivity contribution in [2.75, 3.05) is 29.2 Å². The van der Waals surface area contributed by atoms with Crippen LogP contribution < -0.4 is 15.1 Å². The van der Waals surface area contributed by atoms with E-state index in [0.717, 1.165) is 16.2 Å². The number of nitrogens with zero attached hydrogens (tertiary/aromatic N) is 2. The quantitative estimate of drug-likeness (QED) is 0.395. The average Bonchev–Trinajstić information content (AvgIpc) is 3.02. The molecule has 38 heavy (non-hydrogen) atoms. The molecule has 0 spiro atoms. The molecule has 1 heterocycles. The van der Waals surface area contributed by atoms with Crippen LogP contribution in [0.1, 0.15) is 35.9 Å². The van der Waals surface area contributed by atoms with E-state index in [-0.39, 0.29) is 29.4 Å². The number of benzene rings is 3. The van der Waals surface area contributed by atoms with Crippen LogP contribution in [0.5, 0.6) is 0 Å². The number of nitrogens with one attached hydrogen (secondary N) is 1. The van der Waals surface area contributed by atoms with Gasteiger partial charge in [0.2, 0.25) is 0 Å². The maximum atomic E-state index is 14.0. The monoisotopic (exact) mass is 539 g/mol. The van der Waals surface area contributed by atoms with Gasteiger partial charge in [-0.25, -0.2) is 0 Å². The molecule has 196 valence electrons. The summed E-state index contributed by atoms with van der Waals surface area (Å²) in [5, 5.41) is 3.80. The number of hydrogen-bond donors (Lipinski definition) is 1. The van der Waals surface area contributed by atoms with Gasteiger partial charge in [-0.3, -0.25) is 14.5 Å². The Balaban J connectivity index is 1.71. The van der Waals surface area contributed by atoms with E-state index in [9.17, 15) is 22.8 Å². The molecule has 2 aliphatic rings. The average molecular weight is 540 g/mol. The third-order valence-electron chi connectivity index (χ3n) is 7.02. The molecule has 0 bridgehead atoms. The van der Waals surface area contributed by atoms with E-state index in [1.165, 1.54) is 6.07 Å². The van der Waals surface area contributed by atoms with Crippen molar-refractivity contribution in [1.29, 1.82) is 0 Å². The number of Topliss-reactive ketones (excluding diaryl/α,β-unsaturated/α-hetero) is 1. The second kappa shape index (κ2) is 9.83. The molecule has 0 unspecified atom stereocenters. The number of fused-ring (bicyclic) bond motifs is 1. The van der Waals surface area contributed by atoms with Gasteiger partial charge < -0.3 is 10.2 Å². The van der Waals surface area contributed by atoms with Crippen LogP contribution in [0.4, 0.5) is 30.2 Å². The van der Waals surface area contributed by atoms with Gasteiger partial charge in [0.05, 0.1) is 17.4 Å². The summed E-state index contributed by atoms with van der Waals surface area (Å²) in [7, 11) is 3.70. The van der Waals surface area contributed by atoms with Crippen molar-refractivity contribution < 1.29 is 22.8 Å². The Morgan fingerprint density at radius 2 is 1.58 bits per heavy atom. The van der Waals surface area contributed by atoms with E-state index in [4.69, 9.17) is 11.6 Å². The molecule has 1 aliphatic heterocycles. The SMILES string of the molecule is CN(C)c1ccc([C@H]2C3=C(C[C@@H](c4ccc(Cl)cc4)CC3=O)Nc3ccccc3N2C(=O)C(F)(F)F)cc1. The topological polar surface area (TPSA) is 52.7 Å². The van der Waals surface area contributed by atoms with Gasteiger partial charge in [0.15, 0.2) is 5.78 Å². The summed E-state index contributed by atoms with van der Waals surface area (Å²) in [6.45, 7) is 0. The number of carbonyl (C=O) groups excluding carboxylic acids is 2. The summed E-state index contributed by atoms with van der Waals surface area (Å²) in [6, 6.07) is 19.2. The Morgan fingerprint density at radius 3 is 2.21 bits per heavy atom. The number of hydrogen-bond acceptors (Lipinski definition) is 4. The molecule has 1 amide bonds. The van der Waals surface area contributed by atoms with E-state index in [0.29, 0.717) is 28.4 Å². The second-order valence-corrected chi connectivity index (χ2v) is 10.1. The predicted molar refractivity (Wildman–Crippen MR) is 143 cm³/mol. The maximum Gasteiger partial charge on any atom is 0.471 e. The molecule has 5 rings (SSSR count). The smallest absolute Gasteiger partial charge is 0.378 e. The summed E-state index contributed by atoms with van der Waals surface area (Å²) in [4.78, 5) is 29.4. The first-order valence-electron chi connectivity index (χ1n) is 12.1. The predicted octanol–water partition coefficient (Wildman–Crippen LogP) is 6.87. The number of ketones is 1. The summed E-state index contributed by atoms with van der Waals surface area (Å²) >= 11 is 6.05. The zero-order chi connectivity index (χ0) is 27.2. The summed E-state index contributed by atoms with van der Waals surface area (Å²) < 4.78 is 42.1. The van der Waals surface area contributed by atoms with Crippen molar-refractivity contribution in [3.05, 3.63) is 100 Å². The molecule has 0 aromatic heterocycles. The Labute approximate surface area is 223 Å². The van der Waals surface area contributed by atoms with Crippen molar-refractivity contribution >= 4 is 40.4 Å². The fourth-order valence-electron chi connectivity index (χ4n) is 5.19. The van der Waals surface area contributed by atoms with Gasteiger partial charge in [-0.15, -0.1) is 0 Å². The van der Waals surface area contributed by atoms with Crippen LogP contribution in [0.2, 0.25) is 5.02 Å². The fraction of sp³-hybridized carbons (Fsp3) is 0.241. The fourth-order valence-corrected chi connectivity index (χ4v) is 5.32. The van der Waals surface area contributed by atoms with Gasteiger partial charge in [0.1, 0.15) is 0 Å². The molecular formula is C29H25ClF3N3O2. The highest BCUT2D eigenvalue weighted by molar-refractivity contribution is 6.30. The van der Waals surface area contributed by atoms with Gasteiger partial charge in [0, 0.05) is 42.5 Å². The Kier molecular flexibility index (Phi) is 6.69. The second-order valence-electron chi connectivity index (χ2n) is 9.68. The molecule has 5 nitrogen and oxygen atoms in total. The van der Waals surface area contributed by atoms with Crippen LogP contribution in [-0.2, 0) is 9.59 Å². The summed E-state index contributed by atoms with van der Waals surface area (Å²) in [5.74, 6) is -2.54. The molecule has 3 aromatic rings. The minimum Gasteiger partial charge on any atom is -0.378 e. The first kappa shape index (κ1) is 25.9. The van der Waals surface area contributed by atoms with Crippen molar-refractivity contribution in [1.82, 2.24) is 0 Å². The Bertz CT molecular complexity index is 1420. The first-order chi connectivity index (χ1) is 18.0. The van der Waals surface area contributed by atoms with Crippen LogP contribution in [0.15, 0.2) is 84.1 Å². The molecule has 0 saturated heterocycles. The zero-order valence-electron chi connectivity index (χ0n) is 20.7. The van der Waals surface area contributed by atoms with Crippen molar-refractivity contribution in [2.45, 2.75) is 31.0 Å². The van der Waals surface area contributed by atoms with E-state index in [1.807, 2.05) is 31.1 Å². The van der Waals surface area contributed by atoms with Crippen molar-refractivity contribution in [3.8, 4) is 0 Å². The zero-order valence-corrected chi connectivity index (χ0v) is 21.5. The third kappa shape index (κ3) is 4.76. The van der Waals surface area contributed by atoms with Crippen LogP contribution >= 0.6 is 11.6 Å². The van der Waals surface area contributed by atoms with Crippen molar-refractivity contribution in [3.63, 3.8) is 0 Å². The number of alkyl halides is 3. The number of allylic oxidation sites excluding steroid dienone is 1. The number of carbonyl (C=O) groups is 2. The highest BCUT2D eigenvalue weighted by Gasteiger charge is 2.49. The Morgan fingerprint density at radius 1 is 0.947 bits per heavy atom. The molecule has 0 fully saturated rings. The molecule has 9 heteroatoms. The van der Waals surface area contributed by atoms with E-state index < -0.39 is 18.1 Å². The molecular weight excluding hydrogens is 515 g/mol. The molecule has 1 N–H and O–H groups in total. The minimum atomic E-state index is -5.15.